The Balaban J connectivity index is 0.000000251. The second-order valence-electron chi connectivity index (χ2n) is 13.2. The maximum Gasteiger partial charge on any atom is -0.0208 e. The Hall–Kier alpha value is 0.860. The molecule has 4 unspecified atom stereocenters. The van der Waals surface area contributed by atoms with Crippen LogP contribution in [0.1, 0.15) is 194 Å². The molecule has 2 heteroatoms. The first-order chi connectivity index (χ1) is 18.9. The van der Waals surface area contributed by atoms with Crippen LogP contribution in [0, 0.1) is 11.8 Å². The number of hydrogen-bond acceptors (Lipinski definition) is 0. The molecule has 0 bridgehead atoms. The summed E-state index contributed by atoms with van der Waals surface area (Å²) in [5.41, 5.74) is 2.25. The van der Waals surface area contributed by atoms with Crippen LogP contribution in [0.5, 0.6) is 0 Å². The van der Waals surface area contributed by atoms with E-state index in [0.29, 0.717) is 0 Å². The Bertz CT molecular complexity index is 364. The van der Waals surface area contributed by atoms with Gasteiger partial charge in [-0.1, -0.05) is 142 Å². The molecular formula is C36H72P2. The summed E-state index contributed by atoms with van der Waals surface area (Å²) in [6.07, 6.45) is 46.0. The molecular weight excluding hydrogens is 494 g/mol. The molecule has 4 fully saturated rings. The Morgan fingerprint density at radius 1 is 0.289 bits per heavy atom. The second kappa shape index (κ2) is 25.6. The molecule has 2 heterocycles. The molecule has 0 nitrogen and oxygen atoms in total. The minimum Gasteiger partial charge on any atom is -0.119 e. The van der Waals surface area contributed by atoms with Gasteiger partial charge in [-0.05, 0) is 86.8 Å². The zero-order chi connectivity index (χ0) is 26.9. The van der Waals surface area contributed by atoms with Gasteiger partial charge in [-0.2, -0.15) is 0 Å². The largest absolute Gasteiger partial charge is 0.119 e. The molecule has 2 saturated heterocycles. The van der Waals surface area contributed by atoms with Crippen LogP contribution in [-0.2, 0) is 0 Å². The van der Waals surface area contributed by atoms with Gasteiger partial charge in [-0.25, -0.2) is 0 Å². The molecule has 0 spiro atoms. The van der Waals surface area contributed by atoms with Crippen LogP contribution in [0.2, 0.25) is 0 Å². The maximum atomic E-state index is 2.00. The molecule has 0 aromatic rings. The molecule has 0 aromatic heterocycles. The van der Waals surface area contributed by atoms with Crippen molar-refractivity contribution in [3.8, 4) is 0 Å². The average molecular weight is 567 g/mol. The molecule has 38 heavy (non-hydrogen) atoms. The summed E-state index contributed by atoms with van der Waals surface area (Å²) in [6, 6.07) is 0. The van der Waals surface area contributed by atoms with Crippen molar-refractivity contribution in [2.75, 3.05) is 12.3 Å². The summed E-state index contributed by atoms with van der Waals surface area (Å²) in [7, 11) is 2.60. The van der Waals surface area contributed by atoms with Crippen LogP contribution in [0.25, 0.3) is 0 Å². The normalized spacial score (nSPS) is 30.2. The highest BCUT2D eigenvalue weighted by Gasteiger charge is 2.23. The molecule has 0 amide bonds. The fourth-order valence-corrected chi connectivity index (χ4v) is 11.6. The minimum absolute atomic E-state index is 1.11. The van der Waals surface area contributed by atoms with Gasteiger partial charge in [0.1, 0.15) is 0 Å². The summed E-state index contributed by atoms with van der Waals surface area (Å²) in [6.45, 7) is 4.00. The highest BCUT2D eigenvalue weighted by atomic mass is 31.1. The van der Waals surface area contributed by atoms with Crippen LogP contribution in [0.4, 0.5) is 0 Å². The molecule has 4 atom stereocenters. The first kappa shape index (κ1) is 35.1. The van der Waals surface area contributed by atoms with Gasteiger partial charge in [0, 0.05) is 0 Å². The van der Waals surface area contributed by atoms with Gasteiger partial charge < -0.3 is 0 Å². The van der Waals surface area contributed by atoms with Gasteiger partial charge in [0.05, 0.1) is 0 Å². The van der Waals surface area contributed by atoms with Gasteiger partial charge in [0.2, 0.25) is 0 Å². The molecule has 0 N–H and O–H groups in total. The van der Waals surface area contributed by atoms with Gasteiger partial charge in [-0.15, -0.1) is 17.2 Å². The Labute approximate surface area is 245 Å². The topological polar surface area (TPSA) is 0 Å². The minimum atomic E-state index is 1.11. The molecule has 4 aliphatic rings. The van der Waals surface area contributed by atoms with Crippen LogP contribution in [-0.4, -0.2) is 23.6 Å². The second-order valence-corrected chi connectivity index (χ2v) is 16.5. The highest BCUT2D eigenvalue weighted by Crippen LogP contribution is 2.40. The summed E-state index contributed by atoms with van der Waals surface area (Å²) < 4.78 is 0. The molecule has 0 aromatic carbocycles. The lowest BCUT2D eigenvalue weighted by Gasteiger charge is -2.27. The number of hydrogen-bond donors (Lipinski definition) is 0. The van der Waals surface area contributed by atoms with Crippen molar-refractivity contribution in [2.45, 2.75) is 205 Å². The van der Waals surface area contributed by atoms with E-state index in [-0.39, 0.29) is 0 Å². The van der Waals surface area contributed by atoms with Crippen LogP contribution in [0.15, 0.2) is 0 Å². The average Bonchev–Trinajstić information content (AvgIpc) is 3.31. The van der Waals surface area contributed by atoms with E-state index >= 15 is 0 Å². The van der Waals surface area contributed by atoms with E-state index in [4.69, 9.17) is 0 Å². The third-order valence-corrected chi connectivity index (χ3v) is 14.0. The summed E-state index contributed by atoms with van der Waals surface area (Å²) in [5, 5.41) is 0. The Morgan fingerprint density at radius 2 is 0.526 bits per heavy atom. The van der Waals surface area contributed by atoms with Gasteiger partial charge in [0.15, 0.2) is 0 Å². The van der Waals surface area contributed by atoms with Crippen molar-refractivity contribution < 1.29 is 0 Å². The molecule has 2 aliphatic heterocycles. The van der Waals surface area contributed by atoms with Gasteiger partial charge >= 0.3 is 0 Å². The smallest absolute Gasteiger partial charge is 0.0208 e. The summed E-state index contributed by atoms with van der Waals surface area (Å²) in [4.78, 5) is 0. The van der Waals surface area contributed by atoms with Crippen molar-refractivity contribution in [3.63, 3.8) is 0 Å². The van der Waals surface area contributed by atoms with E-state index < -0.39 is 0 Å². The van der Waals surface area contributed by atoms with Crippen molar-refractivity contribution in [3.05, 3.63) is 0 Å². The predicted molar refractivity (Wildman–Crippen MR) is 182 cm³/mol. The van der Waals surface area contributed by atoms with E-state index in [9.17, 15) is 0 Å². The van der Waals surface area contributed by atoms with Crippen LogP contribution < -0.4 is 0 Å². The van der Waals surface area contributed by atoms with Crippen molar-refractivity contribution in [1.82, 2.24) is 0 Å². The van der Waals surface area contributed by atoms with E-state index in [1.54, 1.807) is 50.8 Å². The lowest BCUT2D eigenvalue weighted by atomic mass is 9.90. The van der Waals surface area contributed by atoms with E-state index in [1.807, 2.05) is 13.8 Å². The fraction of sp³-hybridized carbons (Fsp3) is 1.00. The predicted octanol–water partition coefficient (Wildman–Crippen LogP) is 13.3. The van der Waals surface area contributed by atoms with E-state index in [2.05, 4.69) is 0 Å². The van der Waals surface area contributed by atoms with E-state index in [0.717, 1.165) is 23.2 Å². The zero-order valence-electron chi connectivity index (χ0n) is 26.5. The monoisotopic (exact) mass is 567 g/mol. The Kier molecular flexibility index (Phi) is 23.6. The quantitative estimate of drug-likeness (QED) is 0.292. The third kappa shape index (κ3) is 17.0. The Morgan fingerprint density at radius 3 is 0.842 bits per heavy atom. The third-order valence-electron chi connectivity index (χ3n) is 10.1. The van der Waals surface area contributed by atoms with Crippen molar-refractivity contribution >= 4 is 17.2 Å². The summed E-state index contributed by atoms with van der Waals surface area (Å²) in [5.74, 6) is 2.22. The number of rotatable bonds is 2. The van der Waals surface area contributed by atoms with Crippen LogP contribution >= 0.6 is 17.2 Å². The van der Waals surface area contributed by atoms with E-state index in [1.165, 1.54) is 158 Å². The highest BCUT2D eigenvalue weighted by molar-refractivity contribution is 7.39. The molecule has 226 valence electrons. The lowest BCUT2D eigenvalue weighted by molar-refractivity contribution is 0.392. The SMILES string of the molecule is C1CCCCC(C2CCCCCCCP2)CCC1.C1CCCCC(C2CCCCCCCP2)CCC1.CC. The lowest BCUT2D eigenvalue weighted by Crippen LogP contribution is -2.17. The molecule has 0 radical (unpaired) electrons. The first-order valence-corrected chi connectivity index (χ1v) is 21.0. The molecule has 4 rings (SSSR count). The van der Waals surface area contributed by atoms with Gasteiger partial charge in [-0.3, -0.25) is 0 Å². The van der Waals surface area contributed by atoms with Gasteiger partial charge in [0.25, 0.3) is 0 Å². The zero-order valence-corrected chi connectivity index (χ0v) is 28.5. The first-order valence-electron chi connectivity index (χ1n) is 18.4. The summed E-state index contributed by atoms with van der Waals surface area (Å²) >= 11 is 0. The van der Waals surface area contributed by atoms with Crippen molar-refractivity contribution in [2.24, 2.45) is 11.8 Å². The maximum absolute atomic E-state index is 2.00. The molecule has 2 saturated carbocycles. The van der Waals surface area contributed by atoms with Crippen molar-refractivity contribution in [1.29, 1.82) is 0 Å². The molecule has 2 aliphatic carbocycles. The van der Waals surface area contributed by atoms with Crippen LogP contribution in [0.3, 0.4) is 0 Å². The fourth-order valence-electron chi connectivity index (χ4n) is 7.76. The standard InChI is InChI=1S/2C17H33P.C2H6/c2*1-2-5-9-13-16(12-8-4-1)17-14-10-6-3-7-11-15-18-17;1-2/h2*16-18H,1-15H2;1-2H3.